The Labute approximate surface area is 140 Å². The molecule has 0 aromatic carbocycles. The Morgan fingerprint density at radius 1 is 0.913 bits per heavy atom. The van der Waals surface area contributed by atoms with Crippen LogP contribution in [0.4, 0.5) is 0 Å². The summed E-state index contributed by atoms with van der Waals surface area (Å²) >= 11 is 0. The highest BCUT2D eigenvalue weighted by Gasteiger charge is 2.74. The van der Waals surface area contributed by atoms with Crippen LogP contribution in [0.15, 0.2) is 0 Å². The maximum atomic E-state index is 11.6. The monoisotopic (exact) mass is 322 g/mol. The molecular formula is C20H34O3. The molecule has 0 aromatic rings. The number of aliphatic hydroxyl groups excluding tert-OH is 2. The topological polar surface area (TPSA) is 60.7 Å². The van der Waals surface area contributed by atoms with Gasteiger partial charge in [-0.25, -0.2) is 0 Å². The molecular weight excluding hydrogens is 288 g/mol. The summed E-state index contributed by atoms with van der Waals surface area (Å²) in [6.07, 6.45) is 3.91. The van der Waals surface area contributed by atoms with E-state index in [0.29, 0.717) is 5.92 Å². The van der Waals surface area contributed by atoms with Crippen LogP contribution < -0.4 is 0 Å². The Balaban J connectivity index is 1.84. The standard InChI is InChI=1S/C20H34O3/c1-11(2)20(23)7-6-18(4)13(21)10-17(3)8-12-9-19(12,5)16(22)14(17)15(18)20/h11-16,21-23H,6-10H2,1-5H3. The van der Waals surface area contributed by atoms with Crippen molar-refractivity contribution >= 4 is 0 Å². The number of fused-ring (bicyclic) bond motifs is 4. The van der Waals surface area contributed by atoms with Crippen molar-refractivity contribution in [3.63, 3.8) is 0 Å². The lowest BCUT2D eigenvalue weighted by Gasteiger charge is -2.61. The van der Waals surface area contributed by atoms with E-state index >= 15 is 0 Å². The summed E-state index contributed by atoms with van der Waals surface area (Å²) in [5.74, 6) is 0.858. The average molecular weight is 322 g/mol. The van der Waals surface area contributed by atoms with Gasteiger partial charge in [0.1, 0.15) is 0 Å². The zero-order chi connectivity index (χ0) is 17.0. The van der Waals surface area contributed by atoms with Gasteiger partial charge in [-0.2, -0.15) is 0 Å². The van der Waals surface area contributed by atoms with Crippen LogP contribution in [0.25, 0.3) is 0 Å². The maximum Gasteiger partial charge on any atom is 0.0708 e. The van der Waals surface area contributed by atoms with Crippen molar-refractivity contribution in [2.75, 3.05) is 0 Å². The normalized spacial score (nSPS) is 64.3. The lowest BCUT2D eigenvalue weighted by Crippen LogP contribution is -2.64. The van der Waals surface area contributed by atoms with E-state index in [1.54, 1.807) is 0 Å². The van der Waals surface area contributed by atoms with Crippen LogP contribution in [0.5, 0.6) is 0 Å². The van der Waals surface area contributed by atoms with Gasteiger partial charge in [-0.15, -0.1) is 0 Å². The number of hydrogen-bond acceptors (Lipinski definition) is 3. The molecule has 0 heterocycles. The van der Waals surface area contributed by atoms with Crippen LogP contribution >= 0.6 is 0 Å². The van der Waals surface area contributed by atoms with Gasteiger partial charge in [0.15, 0.2) is 0 Å². The lowest BCUT2D eigenvalue weighted by molar-refractivity contribution is -0.223. The molecule has 4 fully saturated rings. The van der Waals surface area contributed by atoms with Gasteiger partial charge in [0, 0.05) is 5.92 Å². The van der Waals surface area contributed by atoms with E-state index in [0.717, 1.165) is 32.1 Å². The van der Waals surface area contributed by atoms with Crippen molar-refractivity contribution < 1.29 is 15.3 Å². The zero-order valence-electron chi connectivity index (χ0n) is 15.3. The molecule has 4 aliphatic carbocycles. The van der Waals surface area contributed by atoms with E-state index in [4.69, 9.17) is 0 Å². The van der Waals surface area contributed by atoms with Crippen molar-refractivity contribution in [3.8, 4) is 0 Å². The summed E-state index contributed by atoms with van der Waals surface area (Å²) in [5.41, 5.74) is -1.02. The van der Waals surface area contributed by atoms with Crippen LogP contribution in [0.3, 0.4) is 0 Å². The Kier molecular flexibility index (Phi) is 3.09. The van der Waals surface area contributed by atoms with E-state index in [1.807, 2.05) is 0 Å². The Hall–Kier alpha value is -0.120. The first-order chi connectivity index (χ1) is 10.5. The molecule has 0 radical (unpaired) electrons. The molecule has 0 amide bonds. The van der Waals surface area contributed by atoms with E-state index in [-0.39, 0.29) is 46.2 Å². The molecule has 9 atom stereocenters. The minimum absolute atomic E-state index is 0.00266. The lowest BCUT2D eigenvalue weighted by atomic mass is 9.45. The van der Waals surface area contributed by atoms with Gasteiger partial charge >= 0.3 is 0 Å². The number of aliphatic hydroxyl groups is 3. The summed E-state index contributed by atoms with van der Waals surface area (Å²) in [6.45, 7) is 10.9. The first kappa shape index (κ1) is 16.4. The van der Waals surface area contributed by atoms with Crippen LogP contribution in [0.1, 0.15) is 66.7 Å². The van der Waals surface area contributed by atoms with Gasteiger partial charge < -0.3 is 15.3 Å². The summed E-state index contributed by atoms with van der Waals surface area (Å²) in [7, 11) is 0. The largest absolute Gasteiger partial charge is 0.393 e. The van der Waals surface area contributed by atoms with Crippen molar-refractivity contribution in [2.45, 2.75) is 84.5 Å². The van der Waals surface area contributed by atoms with Crippen molar-refractivity contribution in [3.05, 3.63) is 0 Å². The smallest absolute Gasteiger partial charge is 0.0708 e. The van der Waals surface area contributed by atoms with Gasteiger partial charge in [0.25, 0.3) is 0 Å². The molecule has 132 valence electrons. The van der Waals surface area contributed by atoms with Gasteiger partial charge in [-0.1, -0.05) is 34.6 Å². The van der Waals surface area contributed by atoms with E-state index in [2.05, 4.69) is 34.6 Å². The highest BCUT2D eigenvalue weighted by atomic mass is 16.3. The summed E-state index contributed by atoms with van der Waals surface area (Å²) in [5, 5.41) is 33.9. The molecule has 0 bridgehead atoms. The predicted octanol–water partition coefficient (Wildman–Crippen LogP) is 2.97. The number of hydrogen-bond donors (Lipinski definition) is 3. The first-order valence-corrected chi connectivity index (χ1v) is 9.57. The first-order valence-electron chi connectivity index (χ1n) is 9.57. The Morgan fingerprint density at radius 2 is 1.57 bits per heavy atom. The second-order valence-corrected chi connectivity index (χ2v) is 10.6. The van der Waals surface area contributed by atoms with Crippen molar-refractivity contribution in [1.29, 1.82) is 0 Å². The van der Waals surface area contributed by atoms with E-state index < -0.39 is 5.60 Å². The van der Waals surface area contributed by atoms with Crippen LogP contribution in [0.2, 0.25) is 0 Å². The minimum atomic E-state index is -0.763. The molecule has 0 spiro atoms. The SMILES string of the molecule is CC(C)C1(O)CCC2(C)C(O)CC3(C)CC4CC4(C)C(O)C3C21. The third kappa shape index (κ3) is 1.77. The average Bonchev–Trinajstić information content (AvgIpc) is 3.01. The second kappa shape index (κ2) is 4.34. The fourth-order valence-electron chi connectivity index (χ4n) is 7.20. The molecule has 3 heteroatoms. The van der Waals surface area contributed by atoms with Crippen LogP contribution in [-0.2, 0) is 0 Å². The molecule has 3 nitrogen and oxygen atoms in total. The highest BCUT2D eigenvalue weighted by molar-refractivity contribution is 5.23. The summed E-state index contributed by atoms with van der Waals surface area (Å²) in [6, 6.07) is 0. The molecule has 0 saturated heterocycles. The highest BCUT2D eigenvalue weighted by Crippen LogP contribution is 2.75. The second-order valence-electron chi connectivity index (χ2n) is 10.6. The van der Waals surface area contributed by atoms with E-state index in [9.17, 15) is 15.3 Å². The fourth-order valence-corrected chi connectivity index (χ4v) is 7.20. The van der Waals surface area contributed by atoms with Crippen molar-refractivity contribution in [2.24, 2.45) is 39.9 Å². The van der Waals surface area contributed by atoms with Gasteiger partial charge in [-0.05, 0) is 66.1 Å². The van der Waals surface area contributed by atoms with Crippen LogP contribution in [0, 0.1) is 39.9 Å². The van der Waals surface area contributed by atoms with Gasteiger partial charge in [0.05, 0.1) is 17.8 Å². The summed E-state index contributed by atoms with van der Waals surface area (Å²) in [4.78, 5) is 0. The third-order valence-electron chi connectivity index (χ3n) is 9.08. The summed E-state index contributed by atoms with van der Waals surface area (Å²) < 4.78 is 0. The van der Waals surface area contributed by atoms with Crippen LogP contribution in [-0.4, -0.2) is 33.1 Å². The molecule has 4 aliphatic rings. The molecule has 4 saturated carbocycles. The molecule has 0 aromatic heterocycles. The Bertz CT molecular complexity index is 523. The molecule has 0 aliphatic heterocycles. The quantitative estimate of drug-likeness (QED) is 0.695. The fraction of sp³-hybridized carbons (Fsp3) is 1.00. The zero-order valence-corrected chi connectivity index (χ0v) is 15.3. The molecule has 9 unspecified atom stereocenters. The van der Waals surface area contributed by atoms with Crippen molar-refractivity contribution in [1.82, 2.24) is 0 Å². The maximum absolute atomic E-state index is 11.6. The minimum Gasteiger partial charge on any atom is -0.393 e. The van der Waals surface area contributed by atoms with E-state index in [1.165, 1.54) is 0 Å². The number of rotatable bonds is 1. The predicted molar refractivity (Wildman–Crippen MR) is 89.7 cm³/mol. The third-order valence-corrected chi connectivity index (χ3v) is 9.08. The Morgan fingerprint density at radius 3 is 2.17 bits per heavy atom. The molecule has 23 heavy (non-hydrogen) atoms. The van der Waals surface area contributed by atoms with Gasteiger partial charge in [-0.3, -0.25) is 0 Å². The molecule has 3 N–H and O–H groups in total. The molecule has 4 rings (SSSR count). The van der Waals surface area contributed by atoms with Gasteiger partial charge in [0.2, 0.25) is 0 Å².